The summed E-state index contributed by atoms with van der Waals surface area (Å²) in [6, 6.07) is 1.55. The van der Waals surface area contributed by atoms with Crippen molar-refractivity contribution in [2.24, 2.45) is 0 Å². The van der Waals surface area contributed by atoms with Gasteiger partial charge >= 0.3 is 0 Å². The molecule has 0 unspecified atom stereocenters. The van der Waals surface area contributed by atoms with E-state index in [1.165, 1.54) is 7.11 Å². The van der Waals surface area contributed by atoms with Gasteiger partial charge in [0.1, 0.15) is 4.60 Å². The molecule has 0 spiro atoms. The summed E-state index contributed by atoms with van der Waals surface area (Å²) >= 11 is 3.11. The lowest BCUT2D eigenvalue weighted by molar-refractivity contribution is 0.0532. The Morgan fingerprint density at radius 1 is 1.91 bits per heavy atom. The van der Waals surface area contributed by atoms with Gasteiger partial charge in [0.05, 0.1) is 7.11 Å². The molecule has 0 aliphatic rings. The van der Waals surface area contributed by atoms with Gasteiger partial charge in [-0.15, -0.1) is 0 Å². The molecule has 6 heteroatoms. The Kier molecular flexibility index (Phi) is 2.61. The second kappa shape index (κ2) is 3.49. The van der Waals surface area contributed by atoms with E-state index in [1.807, 2.05) is 0 Å². The Morgan fingerprint density at radius 2 is 2.64 bits per heavy atom. The van der Waals surface area contributed by atoms with E-state index in [0.717, 1.165) is 0 Å². The van der Waals surface area contributed by atoms with E-state index in [2.05, 4.69) is 36.4 Å². The third-order valence-electron chi connectivity index (χ3n) is 0.974. The fraction of sp³-hybridized carbons (Fsp3) is 0.200. The molecule has 0 atom stereocenters. The number of aromatic nitrogens is 2. The number of carbonyl (C=O) groups is 1. The minimum atomic E-state index is -0.380. The quantitative estimate of drug-likeness (QED) is 0.711. The van der Waals surface area contributed by atoms with E-state index in [0.29, 0.717) is 4.60 Å². The molecular weight excluding hydrogens is 214 g/mol. The van der Waals surface area contributed by atoms with Crippen LogP contribution < -0.4 is 5.48 Å². The van der Waals surface area contributed by atoms with E-state index in [4.69, 9.17) is 0 Å². The third kappa shape index (κ3) is 2.02. The smallest absolute Gasteiger partial charge is 0.277 e. The van der Waals surface area contributed by atoms with Crippen molar-refractivity contribution in [2.45, 2.75) is 0 Å². The summed E-state index contributed by atoms with van der Waals surface area (Å²) in [6.45, 7) is 0. The van der Waals surface area contributed by atoms with Crippen LogP contribution in [-0.2, 0) is 4.84 Å². The molecule has 1 rings (SSSR count). The number of H-pyrrole nitrogens is 1. The Hall–Kier alpha value is -0.880. The van der Waals surface area contributed by atoms with Gasteiger partial charge in [0, 0.05) is 6.07 Å². The normalized spacial score (nSPS) is 9.64. The highest BCUT2D eigenvalue weighted by Crippen LogP contribution is 2.05. The van der Waals surface area contributed by atoms with E-state index >= 15 is 0 Å². The SMILES string of the molecule is CONC(=O)c1cc(Br)[nH]n1. The number of hydrogen-bond donors (Lipinski definition) is 2. The summed E-state index contributed by atoms with van der Waals surface area (Å²) in [5.41, 5.74) is 2.41. The number of amides is 1. The maximum atomic E-state index is 10.9. The van der Waals surface area contributed by atoms with Gasteiger partial charge in [0.15, 0.2) is 5.69 Å². The van der Waals surface area contributed by atoms with Crippen molar-refractivity contribution in [1.82, 2.24) is 15.7 Å². The van der Waals surface area contributed by atoms with Gasteiger partial charge in [-0.1, -0.05) is 0 Å². The predicted molar refractivity (Wildman–Crippen MR) is 40.8 cm³/mol. The van der Waals surface area contributed by atoms with Gasteiger partial charge < -0.3 is 0 Å². The highest BCUT2D eigenvalue weighted by Gasteiger charge is 2.07. The zero-order valence-corrected chi connectivity index (χ0v) is 7.31. The van der Waals surface area contributed by atoms with E-state index in [-0.39, 0.29) is 11.6 Å². The van der Waals surface area contributed by atoms with Crippen molar-refractivity contribution >= 4 is 21.8 Å². The standard InChI is InChI=1S/C5H6BrN3O2/c1-11-9-5(10)3-2-4(6)8-7-3/h2H,1H3,(H,7,8)(H,9,10). The van der Waals surface area contributed by atoms with Crippen molar-refractivity contribution < 1.29 is 9.63 Å². The molecule has 5 nitrogen and oxygen atoms in total. The van der Waals surface area contributed by atoms with Crippen LogP contribution in [0, 0.1) is 0 Å². The Bertz CT molecular complexity index is 260. The maximum Gasteiger partial charge on any atom is 0.295 e. The number of hydroxylamine groups is 1. The molecule has 60 valence electrons. The molecule has 1 amide bonds. The minimum absolute atomic E-state index is 0.277. The van der Waals surface area contributed by atoms with Crippen LogP contribution in [0.2, 0.25) is 0 Å². The van der Waals surface area contributed by atoms with Gasteiger partial charge in [-0.25, -0.2) is 5.48 Å². The van der Waals surface area contributed by atoms with E-state index in [9.17, 15) is 4.79 Å². The largest absolute Gasteiger partial charge is 0.295 e. The van der Waals surface area contributed by atoms with Crippen LogP contribution in [-0.4, -0.2) is 23.2 Å². The van der Waals surface area contributed by atoms with Crippen molar-refractivity contribution in [2.75, 3.05) is 7.11 Å². The fourth-order valence-electron chi connectivity index (χ4n) is 0.560. The third-order valence-corrected chi connectivity index (χ3v) is 1.38. The van der Waals surface area contributed by atoms with Gasteiger partial charge in [0.25, 0.3) is 5.91 Å². The zero-order chi connectivity index (χ0) is 8.27. The number of hydrogen-bond acceptors (Lipinski definition) is 3. The molecule has 0 radical (unpaired) electrons. The number of nitrogens with zero attached hydrogens (tertiary/aromatic N) is 1. The van der Waals surface area contributed by atoms with E-state index < -0.39 is 0 Å². The monoisotopic (exact) mass is 219 g/mol. The van der Waals surface area contributed by atoms with Gasteiger partial charge in [-0.2, -0.15) is 5.10 Å². The number of aromatic amines is 1. The van der Waals surface area contributed by atoms with Crippen LogP contribution in [0.1, 0.15) is 10.5 Å². The molecule has 0 fully saturated rings. The van der Waals surface area contributed by atoms with Crippen LogP contribution in [0.15, 0.2) is 10.7 Å². The maximum absolute atomic E-state index is 10.9. The zero-order valence-electron chi connectivity index (χ0n) is 5.72. The highest BCUT2D eigenvalue weighted by molar-refractivity contribution is 9.10. The molecule has 11 heavy (non-hydrogen) atoms. The predicted octanol–water partition coefficient (Wildman–Crippen LogP) is 0.463. The highest BCUT2D eigenvalue weighted by atomic mass is 79.9. The molecule has 0 aromatic carbocycles. The Morgan fingerprint density at radius 3 is 3.09 bits per heavy atom. The second-order valence-electron chi connectivity index (χ2n) is 1.74. The molecule has 1 heterocycles. The lowest BCUT2D eigenvalue weighted by atomic mass is 10.4. The number of carbonyl (C=O) groups excluding carboxylic acids is 1. The second-order valence-corrected chi connectivity index (χ2v) is 2.59. The van der Waals surface area contributed by atoms with Gasteiger partial charge in [-0.3, -0.25) is 14.7 Å². The molecule has 0 bridgehead atoms. The summed E-state index contributed by atoms with van der Waals surface area (Å²) in [7, 11) is 1.36. The number of nitrogens with one attached hydrogen (secondary N) is 2. The molecule has 0 saturated heterocycles. The van der Waals surface area contributed by atoms with Crippen molar-refractivity contribution in [3.8, 4) is 0 Å². The first-order chi connectivity index (χ1) is 5.24. The van der Waals surface area contributed by atoms with Crippen LogP contribution in [0.25, 0.3) is 0 Å². The molecule has 0 aliphatic carbocycles. The first-order valence-electron chi connectivity index (χ1n) is 2.78. The van der Waals surface area contributed by atoms with Crippen LogP contribution in [0.5, 0.6) is 0 Å². The molecule has 2 N–H and O–H groups in total. The molecule has 0 saturated carbocycles. The summed E-state index contributed by atoms with van der Waals surface area (Å²) in [5, 5.41) is 6.23. The molecular formula is C5H6BrN3O2. The van der Waals surface area contributed by atoms with Crippen LogP contribution >= 0.6 is 15.9 Å². The lowest BCUT2D eigenvalue weighted by Crippen LogP contribution is -2.22. The van der Waals surface area contributed by atoms with E-state index in [1.54, 1.807) is 6.07 Å². The fourth-order valence-corrected chi connectivity index (χ4v) is 0.865. The minimum Gasteiger partial charge on any atom is -0.277 e. The van der Waals surface area contributed by atoms with Crippen molar-refractivity contribution in [1.29, 1.82) is 0 Å². The van der Waals surface area contributed by atoms with Crippen LogP contribution in [0.4, 0.5) is 0 Å². The van der Waals surface area contributed by atoms with Crippen molar-refractivity contribution in [3.63, 3.8) is 0 Å². The Balaban J connectivity index is 2.69. The topological polar surface area (TPSA) is 67.0 Å². The molecule has 1 aromatic rings. The number of rotatable bonds is 2. The van der Waals surface area contributed by atoms with Crippen molar-refractivity contribution in [3.05, 3.63) is 16.4 Å². The van der Waals surface area contributed by atoms with Crippen LogP contribution in [0.3, 0.4) is 0 Å². The molecule has 1 aromatic heterocycles. The molecule has 0 aliphatic heterocycles. The average Bonchev–Trinajstić information content (AvgIpc) is 2.36. The first-order valence-corrected chi connectivity index (χ1v) is 3.57. The van der Waals surface area contributed by atoms with Gasteiger partial charge in [0.2, 0.25) is 0 Å². The first kappa shape index (κ1) is 8.22. The van der Waals surface area contributed by atoms with Gasteiger partial charge in [-0.05, 0) is 15.9 Å². The summed E-state index contributed by atoms with van der Waals surface area (Å²) in [6.07, 6.45) is 0. The average molecular weight is 220 g/mol. The number of halogens is 1. The summed E-state index contributed by atoms with van der Waals surface area (Å²) in [4.78, 5) is 15.3. The lowest BCUT2D eigenvalue weighted by Gasteiger charge is -1.95. The summed E-state index contributed by atoms with van der Waals surface area (Å²) < 4.78 is 0.652. The summed E-state index contributed by atoms with van der Waals surface area (Å²) in [5.74, 6) is -0.380. The Labute approximate surface area is 71.2 Å².